The molecule has 5 heteroatoms. The zero-order valence-electron chi connectivity index (χ0n) is 8.64. The standard InChI is InChI=1S/C11H11BrO4/c1-2-15-10(13)9-7-5-6(12)3-4-8(7)16-11(9)14/h3-5,9,11,14H,2H2,1H3. The summed E-state index contributed by atoms with van der Waals surface area (Å²) in [6.07, 6.45) is -1.16. The van der Waals surface area contributed by atoms with Crippen molar-refractivity contribution in [3.63, 3.8) is 0 Å². The van der Waals surface area contributed by atoms with E-state index in [-0.39, 0.29) is 6.61 Å². The molecule has 1 heterocycles. The smallest absolute Gasteiger partial charge is 0.319 e. The number of ether oxygens (including phenoxy) is 2. The molecule has 1 N–H and O–H groups in total. The third kappa shape index (κ3) is 1.92. The third-order valence-corrected chi connectivity index (χ3v) is 2.87. The van der Waals surface area contributed by atoms with Crippen molar-refractivity contribution in [2.24, 2.45) is 0 Å². The Morgan fingerprint density at radius 3 is 3.06 bits per heavy atom. The van der Waals surface area contributed by atoms with Crippen LogP contribution in [0.2, 0.25) is 0 Å². The molecule has 1 aromatic rings. The highest BCUT2D eigenvalue weighted by atomic mass is 79.9. The van der Waals surface area contributed by atoms with Crippen LogP contribution >= 0.6 is 15.9 Å². The summed E-state index contributed by atoms with van der Waals surface area (Å²) in [5, 5.41) is 9.66. The van der Waals surface area contributed by atoms with E-state index in [4.69, 9.17) is 9.47 Å². The molecule has 86 valence electrons. The molecule has 2 unspecified atom stereocenters. The first-order valence-corrected chi connectivity index (χ1v) is 5.73. The van der Waals surface area contributed by atoms with Crippen LogP contribution in [-0.2, 0) is 9.53 Å². The zero-order valence-corrected chi connectivity index (χ0v) is 10.2. The predicted molar refractivity (Wildman–Crippen MR) is 60.2 cm³/mol. The third-order valence-electron chi connectivity index (χ3n) is 2.38. The molecule has 1 aromatic carbocycles. The molecule has 4 nitrogen and oxygen atoms in total. The summed E-state index contributed by atoms with van der Waals surface area (Å²) >= 11 is 3.31. The molecule has 0 amide bonds. The van der Waals surface area contributed by atoms with Crippen LogP contribution in [0.3, 0.4) is 0 Å². The second kappa shape index (κ2) is 4.43. The number of aliphatic hydroxyl groups is 1. The summed E-state index contributed by atoms with van der Waals surface area (Å²) < 4.78 is 10.9. The van der Waals surface area contributed by atoms with Crippen LogP contribution in [-0.4, -0.2) is 24.0 Å². The first-order chi connectivity index (χ1) is 7.63. The maximum atomic E-state index is 11.7. The molecule has 16 heavy (non-hydrogen) atoms. The summed E-state index contributed by atoms with van der Waals surface area (Å²) in [5.41, 5.74) is 0.653. The second-order valence-electron chi connectivity index (χ2n) is 3.42. The van der Waals surface area contributed by atoms with Crippen molar-refractivity contribution in [1.29, 1.82) is 0 Å². The highest BCUT2D eigenvalue weighted by Crippen LogP contribution is 2.39. The van der Waals surface area contributed by atoms with E-state index in [0.29, 0.717) is 11.3 Å². The van der Waals surface area contributed by atoms with Crippen molar-refractivity contribution in [3.8, 4) is 5.75 Å². The van der Waals surface area contributed by atoms with Crippen molar-refractivity contribution in [3.05, 3.63) is 28.2 Å². The van der Waals surface area contributed by atoms with Gasteiger partial charge in [-0.1, -0.05) is 15.9 Å². The molecular weight excluding hydrogens is 276 g/mol. The largest absolute Gasteiger partial charge is 0.465 e. The Labute approximate surface area is 101 Å². The summed E-state index contributed by atoms with van der Waals surface area (Å²) in [6.45, 7) is 2.01. The highest BCUT2D eigenvalue weighted by Gasteiger charge is 2.39. The summed E-state index contributed by atoms with van der Waals surface area (Å²) in [5.74, 6) is -0.701. The lowest BCUT2D eigenvalue weighted by Crippen LogP contribution is -2.26. The van der Waals surface area contributed by atoms with Gasteiger partial charge in [0, 0.05) is 10.0 Å². The molecule has 0 aliphatic carbocycles. The Morgan fingerprint density at radius 1 is 1.62 bits per heavy atom. The number of halogens is 1. The van der Waals surface area contributed by atoms with Gasteiger partial charge in [0.05, 0.1) is 6.61 Å². The molecule has 0 saturated carbocycles. The summed E-state index contributed by atoms with van der Waals surface area (Å²) in [4.78, 5) is 11.7. The van der Waals surface area contributed by atoms with Gasteiger partial charge in [-0.3, -0.25) is 4.79 Å². The van der Waals surface area contributed by atoms with Crippen molar-refractivity contribution in [2.45, 2.75) is 19.1 Å². The van der Waals surface area contributed by atoms with Crippen LogP contribution in [0.4, 0.5) is 0 Å². The van der Waals surface area contributed by atoms with Gasteiger partial charge in [0.15, 0.2) is 0 Å². The summed E-state index contributed by atoms with van der Waals surface area (Å²) in [6, 6.07) is 5.26. The minimum absolute atomic E-state index is 0.283. The topological polar surface area (TPSA) is 55.8 Å². The maximum absolute atomic E-state index is 11.7. The number of carbonyl (C=O) groups is 1. The summed E-state index contributed by atoms with van der Waals surface area (Å²) in [7, 11) is 0. The first-order valence-electron chi connectivity index (χ1n) is 4.94. The molecule has 0 saturated heterocycles. The minimum Gasteiger partial charge on any atom is -0.465 e. The van der Waals surface area contributed by atoms with Crippen molar-refractivity contribution in [1.82, 2.24) is 0 Å². The normalized spacial score (nSPS) is 22.4. The van der Waals surface area contributed by atoms with Gasteiger partial charge in [-0.05, 0) is 25.1 Å². The van der Waals surface area contributed by atoms with E-state index in [1.165, 1.54) is 0 Å². The van der Waals surface area contributed by atoms with E-state index in [9.17, 15) is 9.90 Å². The lowest BCUT2D eigenvalue weighted by molar-refractivity contribution is -0.151. The van der Waals surface area contributed by atoms with Gasteiger partial charge < -0.3 is 14.6 Å². The monoisotopic (exact) mass is 286 g/mol. The quantitative estimate of drug-likeness (QED) is 0.843. The Hall–Kier alpha value is -1.07. The number of carbonyl (C=O) groups excluding carboxylic acids is 1. The van der Waals surface area contributed by atoms with Crippen molar-refractivity contribution in [2.75, 3.05) is 6.61 Å². The Morgan fingerprint density at radius 2 is 2.38 bits per heavy atom. The number of aliphatic hydroxyl groups excluding tert-OH is 1. The van der Waals surface area contributed by atoms with Gasteiger partial charge in [0.1, 0.15) is 11.7 Å². The second-order valence-corrected chi connectivity index (χ2v) is 4.34. The fourth-order valence-corrected chi connectivity index (χ4v) is 2.08. The fourth-order valence-electron chi connectivity index (χ4n) is 1.70. The molecule has 0 aromatic heterocycles. The fraction of sp³-hybridized carbons (Fsp3) is 0.364. The lowest BCUT2D eigenvalue weighted by Gasteiger charge is -2.11. The molecule has 0 spiro atoms. The molecule has 2 atom stereocenters. The molecular formula is C11H11BrO4. The molecule has 0 fully saturated rings. The maximum Gasteiger partial charge on any atom is 0.319 e. The van der Waals surface area contributed by atoms with Crippen molar-refractivity contribution < 1.29 is 19.4 Å². The Balaban J connectivity index is 2.34. The van der Waals surface area contributed by atoms with E-state index < -0.39 is 18.2 Å². The number of rotatable bonds is 2. The van der Waals surface area contributed by atoms with Gasteiger partial charge >= 0.3 is 5.97 Å². The SMILES string of the molecule is CCOC(=O)C1c2cc(Br)ccc2OC1O. The lowest BCUT2D eigenvalue weighted by atomic mass is 10.0. The van der Waals surface area contributed by atoms with E-state index in [1.54, 1.807) is 25.1 Å². The molecule has 0 radical (unpaired) electrons. The highest BCUT2D eigenvalue weighted by molar-refractivity contribution is 9.10. The number of fused-ring (bicyclic) bond motifs is 1. The van der Waals surface area contributed by atoms with E-state index >= 15 is 0 Å². The number of hydrogen-bond acceptors (Lipinski definition) is 4. The van der Waals surface area contributed by atoms with E-state index in [0.717, 1.165) is 4.47 Å². The Bertz CT molecular complexity index is 418. The number of esters is 1. The van der Waals surface area contributed by atoms with Gasteiger partial charge in [-0.2, -0.15) is 0 Å². The average Bonchev–Trinajstić information content (AvgIpc) is 2.53. The molecule has 1 aliphatic heterocycles. The van der Waals surface area contributed by atoms with Crippen molar-refractivity contribution >= 4 is 21.9 Å². The number of benzene rings is 1. The average molecular weight is 287 g/mol. The van der Waals surface area contributed by atoms with Crippen LogP contribution in [0.5, 0.6) is 5.75 Å². The zero-order chi connectivity index (χ0) is 11.7. The minimum atomic E-state index is -1.16. The van der Waals surface area contributed by atoms with Gasteiger partial charge in [0.25, 0.3) is 0 Å². The van der Waals surface area contributed by atoms with Crippen LogP contribution in [0.15, 0.2) is 22.7 Å². The first kappa shape index (κ1) is 11.4. The van der Waals surface area contributed by atoms with Gasteiger partial charge in [-0.15, -0.1) is 0 Å². The predicted octanol–water partition coefficient (Wildman–Crippen LogP) is 1.81. The van der Waals surface area contributed by atoms with Crippen LogP contribution in [0.25, 0.3) is 0 Å². The van der Waals surface area contributed by atoms with E-state index in [1.807, 2.05) is 0 Å². The molecule has 2 rings (SSSR count). The molecule has 0 bridgehead atoms. The van der Waals surface area contributed by atoms with Crippen LogP contribution < -0.4 is 4.74 Å². The van der Waals surface area contributed by atoms with Crippen LogP contribution in [0.1, 0.15) is 18.4 Å². The van der Waals surface area contributed by atoms with Gasteiger partial charge in [0.2, 0.25) is 6.29 Å². The Kier molecular flexibility index (Phi) is 3.16. The van der Waals surface area contributed by atoms with Crippen LogP contribution in [0, 0.1) is 0 Å². The van der Waals surface area contributed by atoms with E-state index in [2.05, 4.69) is 15.9 Å². The van der Waals surface area contributed by atoms with Gasteiger partial charge in [-0.25, -0.2) is 0 Å². The molecule has 1 aliphatic rings. The number of hydrogen-bond donors (Lipinski definition) is 1.